The van der Waals surface area contributed by atoms with Gasteiger partial charge in [-0.1, -0.05) is 0 Å². The molecule has 0 atom stereocenters. The molecule has 0 radical (unpaired) electrons. The Balaban J connectivity index is 2.22. The number of aromatic nitrogens is 2. The molecule has 0 unspecified atom stereocenters. The Kier molecular flexibility index (Phi) is 2.37. The van der Waals surface area contributed by atoms with Crippen molar-refractivity contribution in [1.29, 1.82) is 0 Å². The van der Waals surface area contributed by atoms with Gasteiger partial charge in [0.15, 0.2) is 0 Å². The van der Waals surface area contributed by atoms with E-state index in [4.69, 9.17) is 10.5 Å². The lowest BCUT2D eigenvalue weighted by atomic mass is 10.3. The molecule has 0 aliphatic carbocycles. The number of nitrogens with zero attached hydrogens (tertiary/aromatic N) is 1. The summed E-state index contributed by atoms with van der Waals surface area (Å²) in [5.41, 5.74) is 5.92. The highest BCUT2D eigenvalue weighted by atomic mass is 16.5. The zero-order valence-corrected chi connectivity index (χ0v) is 7.81. The van der Waals surface area contributed by atoms with Crippen LogP contribution < -0.4 is 16.0 Å². The number of hydrogen-bond acceptors (Lipinski definition) is 4. The maximum atomic E-state index is 10.9. The minimum absolute atomic E-state index is 0.253. The average Bonchev–Trinajstić information content (AvgIpc) is 2.22. The van der Waals surface area contributed by atoms with Gasteiger partial charge >= 0.3 is 0 Å². The Morgan fingerprint density at radius 3 is 2.67 bits per heavy atom. The van der Waals surface area contributed by atoms with Crippen LogP contribution in [-0.2, 0) is 0 Å². The van der Waals surface area contributed by atoms with Crippen molar-refractivity contribution < 1.29 is 4.74 Å². The molecule has 0 fully saturated rings. The van der Waals surface area contributed by atoms with E-state index < -0.39 is 0 Å². The van der Waals surface area contributed by atoms with E-state index in [2.05, 4.69) is 9.97 Å². The van der Waals surface area contributed by atoms with Crippen molar-refractivity contribution in [2.45, 2.75) is 0 Å². The molecular weight excluding hydrogens is 194 g/mol. The highest BCUT2D eigenvalue weighted by Gasteiger charge is 1.98. The number of nitrogen functional groups attached to an aromatic ring is 1. The fourth-order valence-electron chi connectivity index (χ4n) is 1.06. The first-order valence-corrected chi connectivity index (χ1v) is 4.32. The SMILES string of the molecule is Nc1ccc(Oc2cc(=O)[nH]cn2)cc1. The molecule has 2 aromatic rings. The number of H-pyrrole nitrogens is 1. The number of ether oxygens (including phenoxy) is 1. The van der Waals surface area contributed by atoms with Crippen LogP contribution in [0.4, 0.5) is 5.69 Å². The van der Waals surface area contributed by atoms with Crippen LogP contribution >= 0.6 is 0 Å². The summed E-state index contributed by atoms with van der Waals surface area (Å²) in [6.07, 6.45) is 1.29. The summed E-state index contributed by atoms with van der Waals surface area (Å²) < 4.78 is 5.33. The lowest BCUT2D eigenvalue weighted by molar-refractivity contribution is 0.460. The molecule has 15 heavy (non-hydrogen) atoms. The normalized spacial score (nSPS) is 9.87. The summed E-state index contributed by atoms with van der Waals surface area (Å²) in [7, 11) is 0. The minimum Gasteiger partial charge on any atom is -0.439 e. The molecule has 1 aromatic heterocycles. The van der Waals surface area contributed by atoms with Gasteiger partial charge in [0, 0.05) is 5.69 Å². The number of hydrogen-bond donors (Lipinski definition) is 2. The van der Waals surface area contributed by atoms with E-state index in [9.17, 15) is 4.79 Å². The molecule has 0 amide bonds. The fourth-order valence-corrected chi connectivity index (χ4v) is 1.06. The maximum absolute atomic E-state index is 10.9. The molecule has 2 rings (SSSR count). The highest BCUT2D eigenvalue weighted by Crippen LogP contribution is 2.18. The van der Waals surface area contributed by atoms with Gasteiger partial charge in [0.25, 0.3) is 5.56 Å². The van der Waals surface area contributed by atoms with Gasteiger partial charge in [0.2, 0.25) is 5.88 Å². The molecule has 3 N–H and O–H groups in total. The van der Waals surface area contributed by atoms with Crippen LogP contribution in [0.15, 0.2) is 41.5 Å². The van der Waals surface area contributed by atoms with Gasteiger partial charge in [-0.05, 0) is 24.3 Å². The van der Waals surface area contributed by atoms with E-state index in [1.54, 1.807) is 24.3 Å². The van der Waals surface area contributed by atoms with Crippen LogP contribution in [0.1, 0.15) is 0 Å². The third-order valence-corrected chi connectivity index (χ3v) is 1.76. The van der Waals surface area contributed by atoms with Gasteiger partial charge < -0.3 is 15.5 Å². The molecule has 5 nitrogen and oxygen atoms in total. The number of nitrogens with two attached hydrogens (primary N) is 1. The first kappa shape index (κ1) is 9.26. The molecule has 0 spiro atoms. The van der Waals surface area contributed by atoms with Crippen LogP contribution in [0.3, 0.4) is 0 Å². The van der Waals surface area contributed by atoms with Gasteiger partial charge in [-0.2, -0.15) is 0 Å². The topological polar surface area (TPSA) is 81.0 Å². The Morgan fingerprint density at radius 1 is 1.27 bits per heavy atom. The number of benzene rings is 1. The number of aromatic amines is 1. The van der Waals surface area contributed by atoms with E-state index >= 15 is 0 Å². The largest absolute Gasteiger partial charge is 0.439 e. The molecule has 0 aliphatic rings. The second-order valence-corrected chi connectivity index (χ2v) is 2.92. The van der Waals surface area contributed by atoms with Crippen LogP contribution in [-0.4, -0.2) is 9.97 Å². The Labute approximate surface area is 85.5 Å². The Hall–Kier alpha value is -2.30. The lowest BCUT2D eigenvalue weighted by Gasteiger charge is -2.03. The van der Waals surface area contributed by atoms with Crippen molar-refractivity contribution in [2.24, 2.45) is 0 Å². The van der Waals surface area contributed by atoms with E-state index in [-0.39, 0.29) is 11.4 Å². The van der Waals surface area contributed by atoms with Crippen molar-refractivity contribution in [3.63, 3.8) is 0 Å². The zero-order valence-electron chi connectivity index (χ0n) is 7.81. The van der Waals surface area contributed by atoms with Crippen molar-refractivity contribution in [1.82, 2.24) is 9.97 Å². The average molecular weight is 203 g/mol. The molecule has 76 valence electrons. The Morgan fingerprint density at radius 2 is 2.00 bits per heavy atom. The predicted octanol–water partition coefficient (Wildman–Crippen LogP) is 1.14. The van der Waals surface area contributed by atoms with Crippen LogP contribution in [0.25, 0.3) is 0 Å². The third-order valence-electron chi connectivity index (χ3n) is 1.76. The van der Waals surface area contributed by atoms with Gasteiger partial charge in [0.1, 0.15) is 5.75 Å². The van der Waals surface area contributed by atoms with Gasteiger partial charge in [-0.3, -0.25) is 4.79 Å². The molecular formula is C10H9N3O2. The molecule has 1 heterocycles. The first-order chi connectivity index (χ1) is 7.24. The van der Waals surface area contributed by atoms with Gasteiger partial charge in [-0.25, -0.2) is 4.98 Å². The summed E-state index contributed by atoms with van der Waals surface area (Å²) in [5, 5.41) is 0. The predicted molar refractivity (Wildman–Crippen MR) is 55.8 cm³/mol. The molecule has 0 saturated carbocycles. The third kappa shape index (κ3) is 2.34. The smallest absolute Gasteiger partial charge is 0.254 e. The van der Waals surface area contributed by atoms with E-state index in [1.807, 2.05) is 0 Å². The van der Waals surface area contributed by atoms with Crippen molar-refractivity contribution >= 4 is 5.69 Å². The van der Waals surface area contributed by atoms with Crippen molar-refractivity contribution in [2.75, 3.05) is 5.73 Å². The van der Waals surface area contributed by atoms with Gasteiger partial charge in [0.05, 0.1) is 12.4 Å². The van der Waals surface area contributed by atoms with Crippen molar-refractivity contribution in [3.05, 3.63) is 47.0 Å². The lowest BCUT2D eigenvalue weighted by Crippen LogP contribution is -2.04. The quantitative estimate of drug-likeness (QED) is 0.717. The Bertz CT molecular complexity index is 505. The van der Waals surface area contributed by atoms with E-state index in [0.717, 1.165) is 0 Å². The zero-order chi connectivity index (χ0) is 10.7. The van der Waals surface area contributed by atoms with E-state index in [0.29, 0.717) is 11.4 Å². The minimum atomic E-state index is -0.254. The second-order valence-electron chi connectivity index (χ2n) is 2.92. The molecule has 0 saturated heterocycles. The van der Waals surface area contributed by atoms with Crippen LogP contribution in [0.2, 0.25) is 0 Å². The van der Waals surface area contributed by atoms with E-state index in [1.165, 1.54) is 12.4 Å². The number of nitrogens with one attached hydrogen (secondary N) is 1. The standard InChI is InChI=1S/C10H9N3O2/c11-7-1-3-8(4-2-7)15-10-5-9(14)12-6-13-10/h1-6H,11H2,(H,12,13,14). The summed E-state index contributed by atoms with van der Waals surface area (Å²) in [5.74, 6) is 0.839. The summed E-state index contributed by atoms with van der Waals surface area (Å²) in [4.78, 5) is 17.2. The molecule has 5 heteroatoms. The summed E-state index contributed by atoms with van der Waals surface area (Å²) in [6, 6.07) is 8.11. The fraction of sp³-hybridized carbons (Fsp3) is 0. The number of anilines is 1. The molecule has 1 aromatic carbocycles. The molecule has 0 bridgehead atoms. The van der Waals surface area contributed by atoms with Crippen LogP contribution in [0, 0.1) is 0 Å². The monoisotopic (exact) mass is 203 g/mol. The molecule has 0 aliphatic heterocycles. The van der Waals surface area contributed by atoms with Crippen LogP contribution in [0.5, 0.6) is 11.6 Å². The number of rotatable bonds is 2. The highest BCUT2D eigenvalue weighted by molar-refractivity contribution is 5.42. The second kappa shape index (κ2) is 3.83. The maximum Gasteiger partial charge on any atom is 0.254 e. The first-order valence-electron chi connectivity index (χ1n) is 4.32. The summed E-state index contributed by atoms with van der Waals surface area (Å²) >= 11 is 0. The van der Waals surface area contributed by atoms with Crippen molar-refractivity contribution in [3.8, 4) is 11.6 Å². The summed E-state index contributed by atoms with van der Waals surface area (Å²) in [6.45, 7) is 0. The van der Waals surface area contributed by atoms with Gasteiger partial charge in [-0.15, -0.1) is 0 Å².